The second-order valence-electron chi connectivity index (χ2n) is 9.33. The van der Waals surface area contributed by atoms with Gasteiger partial charge in [-0.25, -0.2) is 14.4 Å². The molecule has 1 aromatic carbocycles. The summed E-state index contributed by atoms with van der Waals surface area (Å²) in [5, 5.41) is 3.56. The summed E-state index contributed by atoms with van der Waals surface area (Å²) in [6, 6.07) is 9.70. The van der Waals surface area contributed by atoms with Gasteiger partial charge in [-0.3, -0.25) is 18.7 Å². The number of anilines is 2. The molecule has 3 aromatic heterocycles. The quantitative estimate of drug-likeness (QED) is 0.251. The van der Waals surface area contributed by atoms with E-state index in [4.69, 9.17) is 16.6 Å². The first kappa shape index (κ1) is 26.0. The number of nitrogens with one attached hydrogen (secondary N) is 2. The van der Waals surface area contributed by atoms with Gasteiger partial charge in [0.15, 0.2) is 5.69 Å². The van der Waals surface area contributed by atoms with Gasteiger partial charge in [-0.05, 0) is 67.8 Å². The third-order valence-electron chi connectivity index (χ3n) is 6.59. The van der Waals surface area contributed by atoms with Crippen LogP contribution in [0.25, 0.3) is 5.65 Å². The number of fused-ring (bicyclic) bond motifs is 2. The van der Waals surface area contributed by atoms with Crippen LogP contribution in [-0.4, -0.2) is 26.5 Å². The second kappa shape index (κ2) is 10.3. The van der Waals surface area contributed by atoms with E-state index in [9.17, 15) is 14.0 Å². The zero-order valence-electron chi connectivity index (χ0n) is 21.3. The summed E-state index contributed by atoms with van der Waals surface area (Å²) in [6.07, 6.45) is 3.52. The molecule has 38 heavy (non-hydrogen) atoms. The lowest BCUT2D eigenvalue weighted by Crippen LogP contribution is -2.27. The summed E-state index contributed by atoms with van der Waals surface area (Å²) >= 11 is 7.24. The van der Waals surface area contributed by atoms with E-state index in [1.54, 1.807) is 42.0 Å². The number of aryl methyl sites for hydroxylation is 1. The number of hydrogen-bond acceptors (Lipinski definition) is 7. The van der Waals surface area contributed by atoms with Gasteiger partial charge in [-0.1, -0.05) is 29.6 Å². The minimum Gasteiger partial charge on any atom is -0.376 e. The monoisotopic (exact) mass is 552 g/mol. The first-order valence-corrected chi connectivity index (χ1v) is 13.6. The maximum absolute atomic E-state index is 13.8. The van der Waals surface area contributed by atoms with Crippen molar-refractivity contribution in [3.05, 3.63) is 97.4 Å². The van der Waals surface area contributed by atoms with Crippen LogP contribution in [0.5, 0.6) is 0 Å². The standard InChI is InChI=1S/C27H26ClFN6O2S/c1-14-9-20(16(3)30-21-7-8-22(28)31-23(21)26(36)33-38-4)25-32-24(15(2)27(37)35(25)11-14)34-12-17-5-6-19(29)10-18(17)13-34/h5-11,16,30H,12-13H2,1-4H3,(H,33,36). The predicted octanol–water partition coefficient (Wildman–Crippen LogP) is 5.20. The molecular weight excluding hydrogens is 527 g/mol. The van der Waals surface area contributed by atoms with Crippen LogP contribution in [0.3, 0.4) is 0 Å². The predicted molar refractivity (Wildman–Crippen MR) is 149 cm³/mol. The molecule has 8 nitrogen and oxygen atoms in total. The van der Waals surface area contributed by atoms with E-state index >= 15 is 0 Å². The summed E-state index contributed by atoms with van der Waals surface area (Å²) in [4.78, 5) is 37.3. The molecule has 1 atom stereocenters. The highest BCUT2D eigenvalue weighted by atomic mass is 35.5. The largest absolute Gasteiger partial charge is 0.376 e. The molecule has 1 aliphatic rings. The minimum atomic E-state index is -0.374. The van der Waals surface area contributed by atoms with E-state index in [0.717, 1.165) is 22.3 Å². The first-order valence-electron chi connectivity index (χ1n) is 12.0. The molecule has 11 heteroatoms. The number of halogens is 2. The Hall–Kier alpha value is -3.63. The smallest absolute Gasteiger partial charge is 0.281 e. The minimum absolute atomic E-state index is 0.166. The van der Waals surface area contributed by atoms with Gasteiger partial charge < -0.3 is 10.2 Å². The van der Waals surface area contributed by atoms with Gasteiger partial charge in [-0.15, -0.1) is 0 Å². The average molecular weight is 553 g/mol. The highest BCUT2D eigenvalue weighted by Gasteiger charge is 2.25. The summed E-state index contributed by atoms with van der Waals surface area (Å²) in [5.74, 6) is -0.0907. The van der Waals surface area contributed by atoms with Gasteiger partial charge >= 0.3 is 0 Å². The van der Waals surface area contributed by atoms with Crippen molar-refractivity contribution < 1.29 is 9.18 Å². The van der Waals surface area contributed by atoms with Crippen molar-refractivity contribution in [3.8, 4) is 0 Å². The zero-order chi connectivity index (χ0) is 27.1. The highest BCUT2D eigenvalue weighted by Crippen LogP contribution is 2.31. The Morgan fingerprint density at radius 3 is 2.66 bits per heavy atom. The SMILES string of the molecule is CSNC(=O)c1nc(Cl)ccc1NC(C)c1cc(C)cn2c(=O)c(C)c(N3Cc4ccc(F)cc4C3)nc12. The molecule has 196 valence electrons. The van der Waals surface area contributed by atoms with Crippen molar-refractivity contribution in [3.63, 3.8) is 0 Å². The summed E-state index contributed by atoms with van der Waals surface area (Å²) < 4.78 is 18.0. The van der Waals surface area contributed by atoms with Crippen LogP contribution >= 0.6 is 23.5 Å². The normalized spacial score (nSPS) is 13.5. The average Bonchev–Trinajstić information content (AvgIpc) is 3.30. The number of benzene rings is 1. The van der Waals surface area contributed by atoms with Crippen LogP contribution in [0.2, 0.25) is 5.15 Å². The summed E-state index contributed by atoms with van der Waals surface area (Å²) in [6.45, 7) is 6.62. The molecule has 5 rings (SSSR count). The number of nitrogens with zero attached hydrogens (tertiary/aromatic N) is 4. The Bertz CT molecular complexity index is 1640. The van der Waals surface area contributed by atoms with E-state index in [1.165, 1.54) is 24.1 Å². The van der Waals surface area contributed by atoms with E-state index in [-0.39, 0.29) is 34.2 Å². The Morgan fingerprint density at radius 2 is 1.89 bits per heavy atom. The van der Waals surface area contributed by atoms with E-state index in [0.29, 0.717) is 35.8 Å². The van der Waals surface area contributed by atoms with E-state index in [2.05, 4.69) is 15.0 Å². The lowest BCUT2D eigenvalue weighted by atomic mass is 10.1. The van der Waals surface area contributed by atoms with Crippen molar-refractivity contribution >= 4 is 46.6 Å². The van der Waals surface area contributed by atoms with E-state index < -0.39 is 0 Å². The number of aromatic nitrogens is 3. The second-order valence-corrected chi connectivity index (χ2v) is 10.3. The Morgan fingerprint density at radius 1 is 1.13 bits per heavy atom. The van der Waals surface area contributed by atoms with Crippen LogP contribution in [0.4, 0.5) is 15.9 Å². The van der Waals surface area contributed by atoms with Crippen molar-refractivity contribution in [2.24, 2.45) is 0 Å². The van der Waals surface area contributed by atoms with Crippen LogP contribution in [0.15, 0.2) is 47.4 Å². The number of carbonyl (C=O) groups excluding carboxylic acids is 1. The molecule has 0 bridgehead atoms. The number of amides is 1. The topological polar surface area (TPSA) is 91.6 Å². The van der Waals surface area contributed by atoms with Gasteiger partial charge in [0.25, 0.3) is 11.5 Å². The molecular formula is C27H26ClFN6O2S. The fourth-order valence-electron chi connectivity index (χ4n) is 4.80. The van der Waals surface area contributed by atoms with Crippen molar-refractivity contribution in [1.82, 2.24) is 19.1 Å². The first-order chi connectivity index (χ1) is 18.2. The molecule has 1 aliphatic heterocycles. The van der Waals surface area contributed by atoms with Crippen molar-refractivity contribution in [1.29, 1.82) is 0 Å². The number of hydrogen-bond donors (Lipinski definition) is 2. The maximum Gasteiger partial charge on any atom is 0.281 e. The number of carbonyl (C=O) groups is 1. The Balaban J connectivity index is 1.57. The molecule has 0 saturated heterocycles. The summed E-state index contributed by atoms with van der Waals surface area (Å²) in [5.41, 5.74) is 5.08. The molecule has 0 radical (unpaired) electrons. The molecule has 1 unspecified atom stereocenters. The van der Waals surface area contributed by atoms with E-state index in [1.807, 2.05) is 24.8 Å². The fourth-order valence-corrected chi connectivity index (χ4v) is 5.23. The van der Waals surface area contributed by atoms with Gasteiger partial charge in [0, 0.05) is 31.1 Å². The Labute approximate surface area is 228 Å². The van der Waals surface area contributed by atoms with Crippen LogP contribution in [0.1, 0.15) is 51.3 Å². The van der Waals surface area contributed by atoms with Crippen LogP contribution in [0, 0.1) is 19.7 Å². The highest BCUT2D eigenvalue weighted by molar-refractivity contribution is 7.97. The van der Waals surface area contributed by atoms with Crippen molar-refractivity contribution in [2.45, 2.75) is 39.9 Å². The molecule has 0 aliphatic carbocycles. The summed E-state index contributed by atoms with van der Waals surface area (Å²) in [7, 11) is 0. The lowest BCUT2D eigenvalue weighted by molar-refractivity contribution is 0.0980. The molecule has 0 saturated carbocycles. The van der Waals surface area contributed by atoms with Gasteiger partial charge in [-0.2, -0.15) is 0 Å². The van der Waals surface area contributed by atoms with Gasteiger partial charge in [0.05, 0.1) is 17.3 Å². The Kier molecular flexibility index (Phi) is 7.02. The van der Waals surface area contributed by atoms with Crippen molar-refractivity contribution in [2.75, 3.05) is 16.5 Å². The zero-order valence-corrected chi connectivity index (χ0v) is 22.9. The van der Waals surface area contributed by atoms with Crippen LogP contribution in [-0.2, 0) is 13.1 Å². The fraction of sp³-hybridized carbons (Fsp3) is 0.259. The third-order valence-corrected chi connectivity index (χ3v) is 7.19. The maximum atomic E-state index is 13.8. The molecule has 0 fully saturated rings. The van der Waals surface area contributed by atoms with Crippen LogP contribution < -0.4 is 20.5 Å². The van der Waals surface area contributed by atoms with Gasteiger partial charge in [0.1, 0.15) is 22.4 Å². The number of pyridine rings is 2. The number of rotatable bonds is 6. The molecule has 1 amide bonds. The lowest BCUT2D eigenvalue weighted by Gasteiger charge is -2.23. The molecule has 4 heterocycles. The molecule has 0 spiro atoms. The molecule has 4 aromatic rings. The third kappa shape index (κ3) is 4.81. The molecule has 2 N–H and O–H groups in total. The van der Waals surface area contributed by atoms with Gasteiger partial charge in [0.2, 0.25) is 0 Å².